The lowest BCUT2D eigenvalue weighted by Gasteiger charge is -2.22. The molecule has 2 aromatic rings. The van der Waals surface area contributed by atoms with Crippen LogP contribution in [0, 0.1) is 6.92 Å². The molecule has 0 aliphatic heterocycles. The van der Waals surface area contributed by atoms with Crippen LogP contribution in [0.4, 0.5) is 10.8 Å². The van der Waals surface area contributed by atoms with Gasteiger partial charge in [0.2, 0.25) is 21.1 Å². The lowest BCUT2D eigenvalue weighted by atomic mass is 10.2. The number of nitrogens with one attached hydrogen (secondary N) is 1. The van der Waals surface area contributed by atoms with Crippen molar-refractivity contribution >= 4 is 49.8 Å². The van der Waals surface area contributed by atoms with Crippen molar-refractivity contribution < 1.29 is 13.2 Å². The van der Waals surface area contributed by atoms with E-state index < -0.39 is 10.0 Å². The number of rotatable bonds is 8. The van der Waals surface area contributed by atoms with Gasteiger partial charge < -0.3 is 5.32 Å². The summed E-state index contributed by atoms with van der Waals surface area (Å²) >= 11 is 2.77. The highest BCUT2D eigenvalue weighted by atomic mass is 32.2. The van der Waals surface area contributed by atoms with Crippen LogP contribution >= 0.6 is 23.1 Å². The normalized spacial score (nSPS) is 11.3. The van der Waals surface area contributed by atoms with E-state index in [0.29, 0.717) is 17.2 Å². The van der Waals surface area contributed by atoms with Crippen LogP contribution in [0.1, 0.15) is 18.4 Å². The first-order valence-electron chi connectivity index (χ1n) is 7.51. The minimum absolute atomic E-state index is 0.200. The number of thioether (sulfide) groups is 1. The number of nitrogens with zero attached hydrogens (tertiary/aromatic N) is 3. The highest BCUT2D eigenvalue weighted by molar-refractivity contribution is 8.00. The molecule has 1 N–H and O–H groups in total. The van der Waals surface area contributed by atoms with Crippen LogP contribution in [0.2, 0.25) is 0 Å². The number of hydrogen-bond donors (Lipinski definition) is 1. The molecule has 1 aromatic carbocycles. The molecule has 1 aromatic heterocycles. The van der Waals surface area contributed by atoms with Crippen molar-refractivity contribution in [3.8, 4) is 0 Å². The standard InChI is InChI=1S/C15H20N4O3S3/c1-11-6-8-12(9-7-11)19(25(3,21)22)10-4-5-13(20)16-14-17-18-15(23-2)24-14/h6-9H,4-5,10H2,1-3H3,(H,16,17,20). The molecular formula is C15H20N4O3S3. The van der Waals surface area contributed by atoms with Gasteiger partial charge in [0.15, 0.2) is 4.34 Å². The quantitative estimate of drug-likeness (QED) is 0.541. The molecule has 0 aliphatic carbocycles. The Bertz CT molecular complexity index is 819. The fourth-order valence-corrected chi connectivity index (χ4v) is 4.26. The van der Waals surface area contributed by atoms with Gasteiger partial charge in [0.25, 0.3) is 0 Å². The molecule has 0 bridgehead atoms. The van der Waals surface area contributed by atoms with E-state index in [4.69, 9.17) is 0 Å². The lowest BCUT2D eigenvalue weighted by Crippen LogP contribution is -2.31. The Labute approximate surface area is 155 Å². The summed E-state index contributed by atoms with van der Waals surface area (Å²) in [6.07, 6.45) is 3.65. The molecule has 7 nitrogen and oxygen atoms in total. The zero-order valence-corrected chi connectivity index (χ0v) is 16.7. The van der Waals surface area contributed by atoms with E-state index in [1.807, 2.05) is 25.3 Å². The summed E-state index contributed by atoms with van der Waals surface area (Å²) in [6.45, 7) is 2.18. The maximum Gasteiger partial charge on any atom is 0.232 e. The van der Waals surface area contributed by atoms with Crippen LogP contribution in [-0.2, 0) is 14.8 Å². The molecule has 1 heterocycles. The topological polar surface area (TPSA) is 92.3 Å². The van der Waals surface area contributed by atoms with Crippen molar-refractivity contribution in [2.45, 2.75) is 24.1 Å². The second kappa shape index (κ2) is 8.63. The Morgan fingerprint density at radius 2 is 1.96 bits per heavy atom. The van der Waals surface area contributed by atoms with E-state index in [1.165, 1.54) is 27.4 Å². The number of carbonyl (C=O) groups excluding carboxylic acids is 1. The summed E-state index contributed by atoms with van der Waals surface area (Å²) < 4.78 is 26.1. The fourth-order valence-electron chi connectivity index (χ4n) is 2.11. The predicted octanol–water partition coefficient (Wildman–Crippen LogP) is 2.75. The summed E-state index contributed by atoms with van der Waals surface area (Å²) in [5.41, 5.74) is 1.65. The van der Waals surface area contributed by atoms with Crippen LogP contribution in [0.15, 0.2) is 28.6 Å². The molecule has 0 atom stereocenters. The fraction of sp³-hybridized carbons (Fsp3) is 0.400. The van der Waals surface area contributed by atoms with Gasteiger partial charge in [0, 0.05) is 13.0 Å². The first-order chi connectivity index (χ1) is 11.8. The van der Waals surface area contributed by atoms with E-state index in [2.05, 4.69) is 15.5 Å². The maximum absolute atomic E-state index is 12.0. The van der Waals surface area contributed by atoms with Crippen LogP contribution in [0.5, 0.6) is 0 Å². The molecule has 136 valence electrons. The molecule has 0 unspecified atom stereocenters. The maximum atomic E-state index is 12.0. The molecule has 0 saturated heterocycles. The van der Waals surface area contributed by atoms with Crippen molar-refractivity contribution in [1.29, 1.82) is 0 Å². The largest absolute Gasteiger partial charge is 0.301 e. The number of amides is 1. The van der Waals surface area contributed by atoms with Gasteiger partial charge in [-0.25, -0.2) is 8.42 Å². The van der Waals surface area contributed by atoms with Gasteiger partial charge in [-0.2, -0.15) is 0 Å². The van der Waals surface area contributed by atoms with E-state index in [-0.39, 0.29) is 18.9 Å². The molecule has 0 radical (unpaired) electrons. The second-order valence-corrected chi connectivity index (χ2v) is 9.34. The van der Waals surface area contributed by atoms with Gasteiger partial charge in [0.1, 0.15) is 0 Å². The number of aromatic nitrogens is 2. The minimum atomic E-state index is -3.41. The third-order valence-corrected chi connectivity index (χ3v) is 6.32. The van der Waals surface area contributed by atoms with E-state index in [1.54, 1.807) is 12.1 Å². The first-order valence-corrected chi connectivity index (χ1v) is 11.4. The van der Waals surface area contributed by atoms with Crippen LogP contribution in [0.25, 0.3) is 0 Å². The highest BCUT2D eigenvalue weighted by Gasteiger charge is 2.17. The third kappa shape index (κ3) is 5.98. The second-order valence-electron chi connectivity index (χ2n) is 5.40. The number of aryl methyl sites for hydroxylation is 1. The minimum Gasteiger partial charge on any atom is -0.301 e. The van der Waals surface area contributed by atoms with Gasteiger partial charge in [-0.05, 0) is 31.7 Å². The average molecular weight is 401 g/mol. The SMILES string of the molecule is CSc1nnc(NC(=O)CCCN(c2ccc(C)cc2)S(C)(=O)=O)s1. The van der Waals surface area contributed by atoms with Crippen molar-refractivity contribution in [2.24, 2.45) is 0 Å². The molecule has 2 rings (SSSR count). The number of carbonyl (C=O) groups is 1. The van der Waals surface area contributed by atoms with Crippen molar-refractivity contribution in [1.82, 2.24) is 10.2 Å². The first kappa shape index (κ1) is 19.7. The Hall–Kier alpha value is -1.65. The number of anilines is 2. The van der Waals surface area contributed by atoms with E-state index in [0.717, 1.165) is 16.2 Å². The van der Waals surface area contributed by atoms with Crippen LogP contribution < -0.4 is 9.62 Å². The predicted molar refractivity (Wildman–Crippen MR) is 103 cm³/mol. The van der Waals surface area contributed by atoms with Crippen molar-refractivity contribution in [2.75, 3.05) is 28.7 Å². The Morgan fingerprint density at radius 3 is 2.52 bits per heavy atom. The summed E-state index contributed by atoms with van der Waals surface area (Å²) in [4.78, 5) is 12.0. The van der Waals surface area contributed by atoms with E-state index >= 15 is 0 Å². The molecular weight excluding hydrogens is 380 g/mol. The Morgan fingerprint density at radius 1 is 1.28 bits per heavy atom. The average Bonchev–Trinajstić information content (AvgIpc) is 2.99. The monoisotopic (exact) mass is 400 g/mol. The van der Waals surface area contributed by atoms with Gasteiger partial charge in [0.05, 0.1) is 11.9 Å². The molecule has 25 heavy (non-hydrogen) atoms. The van der Waals surface area contributed by atoms with Crippen molar-refractivity contribution in [3.63, 3.8) is 0 Å². The lowest BCUT2D eigenvalue weighted by molar-refractivity contribution is -0.116. The zero-order valence-electron chi connectivity index (χ0n) is 14.2. The summed E-state index contributed by atoms with van der Waals surface area (Å²) in [7, 11) is -3.41. The summed E-state index contributed by atoms with van der Waals surface area (Å²) in [6, 6.07) is 7.25. The Balaban J connectivity index is 1.92. The summed E-state index contributed by atoms with van der Waals surface area (Å²) in [5, 5.41) is 10.9. The smallest absolute Gasteiger partial charge is 0.232 e. The summed E-state index contributed by atoms with van der Waals surface area (Å²) in [5.74, 6) is -0.207. The van der Waals surface area contributed by atoms with E-state index in [9.17, 15) is 13.2 Å². The van der Waals surface area contributed by atoms with Gasteiger partial charge >= 0.3 is 0 Å². The molecule has 0 spiro atoms. The van der Waals surface area contributed by atoms with Crippen LogP contribution in [0.3, 0.4) is 0 Å². The zero-order chi connectivity index (χ0) is 18.4. The molecule has 0 saturated carbocycles. The molecule has 10 heteroatoms. The molecule has 0 fully saturated rings. The van der Waals surface area contributed by atoms with Gasteiger partial charge in [-0.3, -0.25) is 9.10 Å². The van der Waals surface area contributed by atoms with Crippen LogP contribution in [-0.4, -0.2) is 43.6 Å². The van der Waals surface area contributed by atoms with Gasteiger partial charge in [-0.1, -0.05) is 40.8 Å². The number of sulfonamides is 1. The number of hydrogen-bond acceptors (Lipinski definition) is 7. The molecule has 1 amide bonds. The Kier molecular flexibility index (Phi) is 6.79. The van der Waals surface area contributed by atoms with Crippen molar-refractivity contribution in [3.05, 3.63) is 29.8 Å². The third-order valence-electron chi connectivity index (χ3n) is 3.31. The highest BCUT2D eigenvalue weighted by Crippen LogP contribution is 2.23. The molecule has 0 aliphatic rings. The number of benzene rings is 1. The van der Waals surface area contributed by atoms with Gasteiger partial charge in [-0.15, -0.1) is 10.2 Å².